The molecule has 0 saturated heterocycles. The first-order valence-corrected chi connectivity index (χ1v) is 9.73. The van der Waals surface area contributed by atoms with Crippen LogP contribution >= 0.6 is 7.14 Å². The highest BCUT2D eigenvalue weighted by Crippen LogP contribution is 2.56. The van der Waals surface area contributed by atoms with Crippen molar-refractivity contribution in [1.29, 1.82) is 0 Å². The van der Waals surface area contributed by atoms with Gasteiger partial charge in [0.05, 0.1) is 7.11 Å². The smallest absolute Gasteiger partial charge is 0.123 e. The zero-order valence-electron chi connectivity index (χ0n) is 14.4. The van der Waals surface area contributed by atoms with E-state index in [2.05, 4.69) is 0 Å². The quantitative estimate of drug-likeness (QED) is 0.794. The molecule has 0 bridgehead atoms. The Morgan fingerprint density at radius 1 is 0.957 bits per heavy atom. The van der Waals surface area contributed by atoms with Crippen LogP contribution in [0, 0.1) is 0 Å². The van der Waals surface area contributed by atoms with Gasteiger partial charge in [0, 0.05) is 22.2 Å². The molecule has 0 atom stereocenters. The third-order valence-electron chi connectivity index (χ3n) is 4.31. The average molecular weight is 332 g/mol. The second kappa shape index (κ2) is 6.80. The summed E-state index contributed by atoms with van der Waals surface area (Å²) in [5.74, 6) is 0.874. The van der Waals surface area contributed by atoms with Crippen molar-refractivity contribution in [3.63, 3.8) is 0 Å². The van der Waals surface area contributed by atoms with Crippen LogP contribution in [-0.4, -0.2) is 23.5 Å². The Hall–Kier alpha value is -1.73. The summed E-state index contributed by atoms with van der Waals surface area (Å²) in [6.07, 6.45) is 0. The Morgan fingerprint density at radius 2 is 1.57 bits per heavy atom. The number of rotatable bonds is 5. The second-order valence-corrected chi connectivity index (χ2v) is 10.3. The Kier molecular flexibility index (Phi) is 5.21. The molecule has 0 amide bonds. The lowest BCUT2D eigenvalue weighted by Crippen LogP contribution is -2.21. The molecule has 0 aliphatic carbocycles. The van der Waals surface area contributed by atoms with E-state index in [-0.39, 0.29) is 17.1 Å². The van der Waals surface area contributed by atoms with Gasteiger partial charge in [-0.1, -0.05) is 45.9 Å². The molecule has 4 heteroatoms. The summed E-state index contributed by atoms with van der Waals surface area (Å²) in [7, 11) is -1.06. The van der Waals surface area contributed by atoms with Crippen molar-refractivity contribution in [2.45, 2.75) is 39.0 Å². The molecule has 0 aliphatic heterocycles. The molecule has 0 heterocycles. The molecule has 2 rings (SSSR count). The van der Waals surface area contributed by atoms with Gasteiger partial charge in [0.15, 0.2) is 0 Å². The van der Waals surface area contributed by atoms with Crippen molar-refractivity contribution < 1.29 is 14.4 Å². The zero-order chi connectivity index (χ0) is 17.2. The van der Waals surface area contributed by atoms with E-state index >= 15 is 0 Å². The first kappa shape index (κ1) is 17.6. The number of hydrogen-bond donors (Lipinski definition) is 1. The largest absolute Gasteiger partial charge is 0.507 e. The Morgan fingerprint density at radius 3 is 2.09 bits per heavy atom. The Bertz CT molecular complexity index is 723. The number of methoxy groups -OCH3 is 1. The number of benzene rings is 2. The molecule has 124 valence electrons. The van der Waals surface area contributed by atoms with E-state index in [1.807, 2.05) is 58.0 Å². The predicted molar refractivity (Wildman–Crippen MR) is 97.6 cm³/mol. The van der Waals surface area contributed by atoms with E-state index in [4.69, 9.17) is 4.74 Å². The van der Waals surface area contributed by atoms with Crippen LogP contribution in [0.4, 0.5) is 0 Å². The highest BCUT2D eigenvalue weighted by Gasteiger charge is 2.35. The van der Waals surface area contributed by atoms with Gasteiger partial charge in [-0.05, 0) is 29.8 Å². The summed E-state index contributed by atoms with van der Waals surface area (Å²) >= 11 is 0. The third kappa shape index (κ3) is 3.16. The molecular weight excluding hydrogens is 307 g/mol. The van der Waals surface area contributed by atoms with Crippen molar-refractivity contribution in [3.05, 3.63) is 42.5 Å². The van der Waals surface area contributed by atoms with Crippen LogP contribution in [0.1, 0.15) is 27.7 Å². The van der Waals surface area contributed by atoms with Crippen molar-refractivity contribution in [2.75, 3.05) is 7.11 Å². The van der Waals surface area contributed by atoms with Gasteiger partial charge in [0.1, 0.15) is 18.6 Å². The molecule has 23 heavy (non-hydrogen) atoms. The Balaban J connectivity index is 2.80. The monoisotopic (exact) mass is 332 g/mol. The van der Waals surface area contributed by atoms with E-state index in [1.54, 1.807) is 19.2 Å². The molecule has 1 N–H and O–H groups in total. The summed E-state index contributed by atoms with van der Waals surface area (Å²) < 4.78 is 19.2. The van der Waals surface area contributed by atoms with Gasteiger partial charge in [-0.2, -0.15) is 0 Å². The third-order valence-corrected chi connectivity index (χ3v) is 8.50. The number of ether oxygens (including phenoxy) is 1. The van der Waals surface area contributed by atoms with Crippen LogP contribution in [-0.2, 0) is 4.57 Å². The number of hydrogen-bond acceptors (Lipinski definition) is 3. The highest BCUT2D eigenvalue weighted by molar-refractivity contribution is 7.73. The van der Waals surface area contributed by atoms with Crippen LogP contribution < -0.4 is 10.0 Å². The zero-order valence-corrected chi connectivity index (χ0v) is 15.3. The van der Waals surface area contributed by atoms with Gasteiger partial charge in [0.2, 0.25) is 0 Å². The SMILES string of the molecule is COc1ccc(-c2ccccc2O)c(P(=O)(C(C)C)C(C)C)c1. The highest BCUT2D eigenvalue weighted by atomic mass is 31.2. The molecule has 0 saturated carbocycles. The van der Waals surface area contributed by atoms with Crippen molar-refractivity contribution >= 4 is 12.4 Å². The van der Waals surface area contributed by atoms with Crippen molar-refractivity contribution in [2.24, 2.45) is 0 Å². The maximum absolute atomic E-state index is 13.9. The fourth-order valence-electron chi connectivity index (χ4n) is 3.01. The van der Waals surface area contributed by atoms with E-state index < -0.39 is 7.14 Å². The van der Waals surface area contributed by atoms with E-state index in [9.17, 15) is 9.67 Å². The number of aromatic hydroxyl groups is 1. The fraction of sp³-hybridized carbons (Fsp3) is 0.368. The van der Waals surface area contributed by atoms with Gasteiger partial charge >= 0.3 is 0 Å². The standard InChI is InChI=1S/C19H25O3P/c1-13(2)23(21,14(3)4)19-12-15(22-5)10-11-17(19)16-8-6-7-9-18(16)20/h6-14,20H,1-5H3. The molecule has 0 fully saturated rings. The number of para-hydroxylation sites is 1. The second-order valence-electron chi connectivity index (χ2n) is 6.30. The van der Waals surface area contributed by atoms with Crippen LogP contribution in [0.15, 0.2) is 42.5 Å². The summed E-state index contributed by atoms with van der Waals surface area (Å²) in [6.45, 7) is 7.98. The first-order chi connectivity index (χ1) is 10.8. The molecular formula is C19H25O3P. The van der Waals surface area contributed by atoms with Crippen LogP contribution in [0.5, 0.6) is 11.5 Å². The fourth-order valence-corrected chi connectivity index (χ4v) is 6.22. The minimum Gasteiger partial charge on any atom is -0.507 e. The maximum atomic E-state index is 13.9. The molecule has 2 aromatic rings. The summed E-state index contributed by atoms with van der Waals surface area (Å²) in [4.78, 5) is 0. The van der Waals surface area contributed by atoms with Crippen LogP contribution in [0.2, 0.25) is 0 Å². The lowest BCUT2D eigenvalue weighted by atomic mass is 10.0. The number of phenolic OH excluding ortho intramolecular Hbond substituents is 1. The van der Waals surface area contributed by atoms with Gasteiger partial charge in [-0.25, -0.2) is 0 Å². The van der Waals surface area contributed by atoms with E-state index in [0.717, 1.165) is 10.9 Å². The Labute approximate surface area is 138 Å². The predicted octanol–water partition coefficient (Wildman–Crippen LogP) is 4.87. The van der Waals surface area contributed by atoms with Gasteiger partial charge in [0.25, 0.3) is 0 Å². The summed E-state index contributed by atoms with van der Waals surface area (Å²) in [6, 6.07) is 12.8. The molecule has 3 nitrogen and oxygen atoms in total. The number of phenols is 1. The lowest BCUT2D eigenvalue weighted by molar-refractivity contribution is 0.415. The van der Waals surface area contributed by atoms with E-state index in [0.29, 0.717) is 11.3 Å². The molecule has 0 unspecified atom stereocenters. The van der Waals surface area contributed by atoms with Crippen LogP contribution in [0.3, 0.4) is 0 Å². The van der Waals surface area contributed by atoms with Crippen LogP contribution in [0.25, 0.3) is 11.1 Å². The van der Waals surface area contributed by atoms with Gasteiger partial charge in [-0.3, -0.25) is 0 Å². The first-order valence-electron chi connectivity index (χ1n) is 7.88. The normalized spacial score (nSPS) is 12.0. The summed E-state index contributed by atoms with van der Waals surface area (Å²) in [5, 5.41) is 11.0. The average Bonchev–Trinajstić information content (AvgIpc) is 2.53. The molecule has 0 aromatic heterocycles. The molecule has 0 aliphatic rings. The van der Waals surface area contributed by atoms with Gasteiger partial charge < -0.3 is 14.4 Å². The molecule has 0 radical (unpaired) electrons. The van der Waals surface area contributed by atoms with Crippen molar-refractivity contribution in [1.82, 2.24) is 0 Å². The summed E-state index contributed by atoms with van der Waals surface area (Å²) in [5.41, 5.74) is 1.54. The van der Waals surface area contributed by atoms with E-state index in [1.165, 1.54) is 0 Å². The topological polar surface area (TPSA) is 46.5 Å². The minimum absolute atomic E-state index is 0.0132. The van der Waals surface area contributed by atoms with Crippen molar-refractivity contribution in [3.8, 4) is 22.6 Å². The lowest BCUT2D eigenvalue weighted by Gasteiger charge is -2.29. The minimum atomic E-state index is -2.67. The molecule has 0 spiro atoms. The van der Waals surface area contributed by atoms with Gasteiger partial charge in [-0.15, -0.1) is 0 Å². The molecule has 2 aromatic carbocycles. The maximum Gasteiger partial charge on any atom is 0.123 e.